The number of carbonyl (C=O) groups is 2. The van der Waals surface area contributed by atoms with Crippen LogP contribution < -0.4 is 10.6 Å². The van der Waals surface area contributed by atoms with Crippen molar-refractivity contribution in [2.75, 3.05) is 11.9 Å². The third-order valence-corrected chi connectivity index (χ3v) is 3.20. The molecule has 0 aliphatic carbocycles. The standard InChI is InChI=1S/C13H16N2O4/c1-7(16)11(13(18)19)15-12(17)9-6-14-10-5-3-2-4-8(9)10/h2-5,7,9,11,14,16H,6H2,1H3,(H,15,17)(H,18,19). The number of aliphatic carboxylic acids is 1. The summed E-state index contributed by atoms with van der Waals surface area (Å²) >= 11 is 0. The highest BCUT2D eigenvalue weighted by molar-refractivity contribution is 5.91. The van der Waals surface area contributed by atoms with Crippen LogP contribution in [0, 0.1) is 0 Å². The molecule has 0 saturated heterocycles. The van der Waals surface area contributed by atoms with Gasteiger partial charge >= 0.3 is 5.97 Å². The van der Waals surface area contributed by atoms with Gasteiger partial charge < -0.3 is 20.8 Å². The number of amides is 1. The second-order valence-electron chi connectivity index (χ2n) is 4.59. The maximum Gasteiger partial charge on any atom is 0.328 e. The van der Waals surface area contributed by atoms with Crippen LogP contribution in [0.3, 0.4) is 0 Å². The maximum absolute atomic E-state index is 12.1. The molecule has 1 aromatic carbocycles. The minimum atomic E-state index is -1.29. The van der Waals surface area contributed by atoms with Crippen molar-refractivity contribution in [2.45, 2.75) is 25.0 Å². The lowest BCUT2D eigenvalue weighted by Gasteiger charge is -2.19. The van der Waals surface area contributed by atoms with Gasteiger partial charge in [-0.15, -0.1) is 0 Å². The summed E-state index contributed by atoms with van der Waals surface area (Å²) in [4.78, 5) is 23.0. The van der Waals surface area contributed by atoms with E-state index in [4.69, 9.17) is 5.11 Å². The van der Waals surface area contributed by atoms with Gasteiger partial charge in [0.1, 0.15) is 0 Å². The Bertz CT molecular complexity index is 501. The van der Waals surface area contributed by atoms with Gasteiger partial charge in [0, 0.05) is 12.2 Å². The lowest BCUT2D eigenvalue weighted by molar-refractivity contribution is -0.144. The highest BCUT2D eigenvalue weighted by Crippen LogP contribution is 2.31. The number of rotatable bonds is 4. The zero-order valence-electron chi connectivity index (χ0n) is 10.5. The zero-order chi connectivity index (χ0) is 14.0. The van der Waals surface area contributed by atoms with Crippen LogP contribution in [0.1, 0.15) is 18.4 Å². The summed E-state index contributed by atoms with van der Waals surface area (Å²) in [5, 5.41) is 23.8. The minimum absolute atomic E-state index is 0.397. The third kappa shape index (κ3) is 2.68. The molecule has 0 saturated carbocycles. The fraction of sp³-hybridized carbons (Fsp3) is 0.385. The lowest BCUT2D eigenvalue weighted by atomic mass is 10.00. The molecule has 3 unspecified atom stereocenters. The maximum atomic E-state index is 12.1. The van der Waals surface area contributed by atoms with Gasteiger partial charge in [-0.2, -0.15) is 0 Å². The Balaban J connectivity index is 2.12. The molecule has 102 valence electrons. The van der Waals surface area contributed by atoms with Crippen molar-refractivity contribution in [3.05, 3.63) is 29.8 Å². The van der Waals surface area contributed by atoms with Gasteiger partial charge in [0.25, 0.3) is 0 Å². The van der Waals surface area contributed by atoms with Crippen LogP contribution in [0.5, 0.6) is 0 Å². The predicted octanol–water partition coefficient (Wildman–Crippen LogP) is 0.146. The number of para-hydroxylation sites is 1. The van der Waals surface area contributed by atoms with Crippen molar-refractivity contribution in [2.24, 2.45) is 0 Å². The summed E-state index contributed by atoms with van der Waals surface area (Å²) in [5.74, 6) is -2.08. The Morgan fingerprint density at radius 2 is 2.11 bits per heavy atom. The van der Waals surface area contributed by atoms with Crippen molar-refractivity contribution < 1.29 is 19.8 Å². The molecule has 1 aromatic rings. The number of benzene rings is 1. The number of carboxylic acids is 1. The summed E-state index contributed by atoms with van der Waals surface area (Å²) in [5.41, 5.74) is 1.72. The predicted molar refractivity (Wildman–Crippen MR) is 68.9 cm³/mol. The highest BCUT2D eigenvalue weighted by atomic mass is 16.4. The van der Waals surface area contributed by atoms with E-state index in [-0.39, 0.29) is 0 Å². The normalized spacial score (nSPS) is 20.0. The second kappa shape index (κ2) is 5.27. The Labute approximate surface area is 110 Å². The van der Waals surface area contributed by atoms with Gasteiger partial charge in [-0.05, 0) is 18.6 Å². The summed E-state index contributed by atoms with van der Waals surface area (Å²) in [6.45, 7) is 1.76. The molecule has 4 N–H and O–H groups in total. The number of anilines is 1. The smallest absolute Gasteiger partial charge is 0.328 e. The summed E-state index contributed by atoms with van der Waals surface area (Å²) in [7, 11) is 0. The average molecular weight is 264 g/mol. The highest BCUT2D eigenvalue weighted by Gasteiger charge is 2.32. The number of aliphatic hydroxyl groups excluding tert-OH is 1. The van der Waals surface area contributed by atoms with Crippen LogP contribution in [0.15, 0.2) is 24.3 Å². The summed E-state index contributed by atoms with van der Waals surface area (Å²) < 4.78 is 0. The largest absolute Gasteiger partial charge is 0.480 e. The van der Waals surface area contributed by atoms with Crippen molar-refractivity contribution in [1.29, 1.82) is 0 Å². The van der Waals surface area contributed by atoms with E-state index in [1.54, 1.807) is 0 Å². The van der Waals surface area contributed by atoms with Crippen molar-refractivity contribution in [3.8, 4) is 0 Å². The second-order valence-corrected chi connectivity index (χ2v) is 4.59. The van der Waals surface area contributed by atoms with Gasteiger partial charge in [0.15, 0.2) is 6.04 Å². The molecule has 1 amide bonds. The number of aliphatic hydroxyl groups is 1. The quantitative estimate of drug-likeness (QED) is 0.620. The number of carbonyl (C=O) groups excluding carboxylic acids is 1. The first-order valence-corrected chi connectivity index (χ1v) is 6.04. The topological polar surface area (TPSA) is 98.7 Å². The van der Waals surface area contributed by atoms with Crippen molar-refractivity contribution >= 4 is 17.6 Å². The Hall–Kier alpha value is -2.08. The van der Waals surface area contributed by atoms with Crippen LogP contribution in [-0.2, 0) is 9.59 Å². The average Bonchev–Trinajstić information content (AvgIpc) is 2.78. The first-order chi connectivity index (χ1) is 9.00. The van der Waals surface area contributed by atoms with E-state index in [0.29, 0.717) is 6.54 Å². The van der Waals surface area contributed by atoms with Crippen LogP contribution in [0.2, 0.25) is 0 Å². The van der Waals surface area contributed by atoms with Crippen LogP contribution in [0.4, 0.5) is 5.69 Å². The van der Waals surface area contributed by atoms with Gasteiger partial charge in [0.2, 0.25) is 5.91 Å². The summed E-state index contributed by atoms with van der Waals surface area (Å²) in [6, 6.07) is 6.10. The Morgan fingerprint density at radius 3 is 2.74 bits per heavy atom. The number of hydrogen-bond acceptors (Lipinski definition) is 4. The number of hydrogen-bond donors (Lipinski definition) is 4. The third-order valence-electron chi connectivity index (χ3n) is 3.20. The first kappa shape index (κ1) is 13.4. The first-order valence-electron chi connectivity index (χ1n) is 6.04. The molecule has 1 aliphatic rings. The molecule has 1 heterocycles. The van der Waals surface area contributed by atoms with E-state index < -0.39 is 29.9 Å². The van der Waals surface area contributed by atoms with Crippen LogP contribution >= 0.6 is 0 Å². The van der Waals surface area contributed by atoms with Gasteiger partial charge in [-0.25, -0.2) is 4.79 Å². The summed E-state index contributed by atoms with van der Waals surface area (Å²) in [6.07, 6.45) is -1.15. The molecule has 3 atom stereocenters. The number of carboxylic acid groups (broad SMARTS) is 1. The monoisotopic (exact) mass is 264 g/mol. The molecule has 2 rings (SSSR count). The molecular formula is C13H16N2O4. The Morgan fingerprint density at radius 1 is 1.42 bits per heavy atom. The molecule has 0 spiro atoms. The van der Waals surface area contributed by atoms with Crippen LogP contribution in [-0.4, -0.2) is 40.8 Å². The van der Waals surface area contributed by atoms with E-state index in [9.17, 15) is 14.7 Å². The molecule has 0 aromatic heterocycles. The fourth-order valence-electron chi connectivity index (χ4n) is 2.16. The fourth-order valence-corrected chi connectivity index (χ4v) is 2.16. The molecular weight excluding hydrogens is 248 g/mol. The van der Waals surface area contributed by atoms with E-state index in [0.717, 1.165) is 11.3 Å². The van der Waals surface area contributed by atoms with E-state index in [1.165, 1.54) is 6.92 Å². The molecule has 19 heavy (non-hydrogen) atoms. The molecule has 1 aliphatic heterocycles. The van der Waals surface area contributed by atoms with Crippen LogP contribution in [0.25, 0.3) is 0 Å². The number of fused-ring (bicyclic) bond motifs is 1. The SMILES string of the molecule is CC(O)C(NC(=O)C1CNc2ccccc21)C(=O)O. The molecule has 0 bridgehead atoms. The minimum Gasteiger partial charge on any atom is -0.480 e. The molecule has 0 radical (unpaired) electrons. The Kier molecular flexibility index (Phi) is 3.71. The molecule has 6 heteroatoms. The molecule has 6 nitrogen and oxygen atoms in total. The van der Waals surface area contributed by atoms with Crippen molar-refractivity contribution in [1.82, 2.24) is 5.32 Å². The van der Waals surface area contributed by atoms with Gasteiger partial charge in [0.05, 0.1) is 12.0 Å². The van der Waals surface area contributed by atoms with E-state index >= 15 is 0 Å². The molecule has 0 fully saturated rings. The van der Waals surface area contributed by atoms with Gasteiger partial charge in [-0.3, -0.25) is 4.79 Å². The zero-order valence-corrected chi connectivity index (χ0v) is 10.5. The lowest BCUT2D eigenvalue weighted by Crippen LogP contribution is -2.49. The number of nitrogens with one attached hydrogen (secondary N) is 2. The van der Waals surface area contributed by atoms with E-state index in [1.807, 2.05) is 24.3 Å². The van der Waals surface area contributed by atoms with E-state index in [2.05, 4.69) is 10.6 Å². The van der Waals surface area contributed by atoms with Crippen molar-refractivity contribution in [3.63, 3.8) is 0 Å². The van der Waals surface area contributed by atoms with Gasteiger partial charge in [-0.1, -0.05) is 18.2 Å².